The Morgan fingerprint density at radius 1 is 1.33 bits per heavy atom. The first-order valence-electron chi connectivity index (χ1n) is 8.42. The van der Waals surface area contributed by atoms with Crippen LogP contribution in [0.4, 0.5) is 11.9 Å². The highest BCUT2D eigenvalue weighted by atomic mass is 35.5. The summed E-state index contributed by atoms with van der Waals surface area (Å²) in [5.41, 5.74) is 6.91. The molecule has 0 spiro atoms. The molecule has 7 heteroatoms. The van der Waals surface area contributed by atoms with Gasteiger partial charge in [-0.05, 0) is 50.9 Å². The number of nitrogens with one attached hydrogen (secondary N) is 1. The molecule has 1 aromatic heterocycles. The molecular formula is C17H25ClN6. The number of H-pyrrole nitrogens is 1. The third-order valence-electron chi connectivity index (χ3n) is 4.97. The fraction of sp³-hybridized carbons (Fsp3) is 0.529. The van der Waals surface area contributed by atoms with E-state index in [1.807, 2.05) is 12.1 Å². The van der Waals surface area contributed by atoms with E-state index >= 15 is 0 Å². The minimum atomic E-state index is 0.306. The lowest BCUT2D eigenvalue weighted by Crippen LogP contribution is -2.47. The first-order chi connectivity index (χ1) is 11.5. The van der Waals surface area contributed by atoms with Gasteiger partial charge in [-0.2, -0.15) is 4.98 Å². The average Bonchev–Trinajstić information content (AvgIpc) is 3.03. The number of likely N-dealkylation sites (N-methyl/N-ethyl adjacent to an activating group) is 1. The molecule has 3 N–H and O–H groups in total. The second-order valence-corrected chi connectivity index (χ2v) is 7.02. The molecule has 0 unspecified atom stereocenters. The highest BCUT2D eigenvalue weighted by Crippen LogP contribution is 2.22. The van der Waals surface area contributed by atoms with Crippen molar-refractivity contribution in [3.8, 4) is 0 Å². The van der Waals surface area contributed by atoms with Crippen LogP contribution in [0, 0.1) is 0 Å². The maximum absolute atomic E-state index is 5.96. The van der Waals surface area contributed by atoms with Gasteiger partial charge < -0.3 is 15.5 Å². The number of nitrogens with two attached hydrogens (primary N) is 1. The molecule has 0 amide bonds. The van der Waals surface area contributed by atoms with Crippen LogP contribution in [0.3, 0.4) is 0 Å². The first kappa shape index (κ1) is 17.0. The molecule has 0 bridgehead atoms. The summed E-state index contributed by atoms with van der Waals surface area (Å²) in [6, 6.07) is 9.23. The van der Waals surface area contributed by atoms with Gasteiger partial charge in [0.15, 0.2) is 0 Å². The van der Waals surface area contributed by atoms with Crippen molar-refractivity contribution < 1.29 is 0 Å². The lowest BCUT2D eigenvalue weighted by Gasteiger charge is -2.39. The minimum absolute atomic E-state index is 0.306. The number of hydrogen-bond donors (Lipinski definition) is 2. The van der Waals surface area contributed by atoms with Crippen LogP contribution in [-0.2, 0) is 6.42 Å². The molecule has 0 aliphatic carbocycles. The van der Waals surface area contributed by atoms with E-state index in [1.165, 1.54) is 5.56 Å². The maximum Gasteiger partial charge on any atom is 0.241 e. The van der Waals surface area contributed by atoms with Gasteiger partial charge in [-0.3, -0.25) is 0 Å². The van der Waals surface area contributed by atoms with E-state index < -0.39 is 0 Å². The Labute approximate surface area is 148 Å². The molecule has 0 saturated carbocycles. The van der Waals surface area contributed by atoms with Crippen LogP contribution in [0.1, 0.15) is 25.3 Å². The van der Waals surface area contributed by atoms with E-state index in [2.05, 4.69) is 51.1 Å². The fourth-order valence-corrected chi connectivity index (χ4v) is 3.48. The molecule has 2 heterocycles. The third kappa shape index (κ3) is 3.99. The molecule has 1 aliphatic rings. The molecule has 1 saturated heterocycles. The number of anilines is 2. The number of piperidine rings is 1. The lowest BCUT2D eigenvalue weighted by molar-refractivity contribution is 0.157. The van der Waals surface area contributed by atoms with Crippen LogP contribution in [0.5, 0.6) is 0 Å². The van der Waals surface area contributed by atoms with Crippen molar-refractivity contribution >= 4 is 23.5 Å². The van der Waals surface area contributed by atoms with Crippen LogP contribution in [0.15, 0.2) is 24.3 Å². The van der Waals surface area contributed by atoms with Crippen molar-refractivity contribution in [2.75, 3.05) is 30.8 Å². The van der Waals surface area contributed by atoms with Crippen LogP contribution in [-0.4, -0.2) is 52.3 Å². The SMILES string of the molecule is C[C@H](Cc1ccc(Cl)cc1)N(C)C1CCN(c2nc(N)n[nH]2)CC1. The summed E-state index contributed by atoms with van der Waals surface area (Å²) in [4.78, 5) is 8.94. The van der Waals surface area contributed by atoms with Gasteiger partial charge >= 0.3 is 0 Å². The van der Waals surface area contributed by atoms with Crippen LogP contribution in [0.2, 0.25) is 5.02 Å². The summed E-state index contributed by atoms with van der Waals surface area (Å²) in [5.74, 6) is 1.09. The molecule has 130 valence electrons. The molecule has 1 atom stereocenters. The fourth-order valence-electron chi connectivity index (χ4n) is 3.36. The monoisotopic (exact) mass is 348 g/mol. The molecule has 0 radical (unpaired) electrons. The van der Waals surface area contributed by atoms with Crippen LogP contribution >= 0.6 is 11.6 Å². The van der Waals surface area contributed by atoms with E-state index in [4.69, 9.17) is 17.3 Å². The Kier molecular flexibility index (Phi) is 5.26. The Hall–Kier alpha value is -1.79. The number of nitrogen functional groups attached to an aromatic ring is 1. The Bertz CT molecular complexity index is 647. The van der Waals surface area contributed by atoms with Gasteiger partial charge in [0, 0.05) is 30.2 Å². The van der Waals surface area contributed by atoms with Crippen molar-refractivity contribution in [1.29, 1.82) is 0 Å². The molecular weight excluding hydrogens is 324 g/mol. The van der Waals surface area contributed by atoms with E-state index in [0.717, 1.165) is 43.3 Å². The third-order valence-corrected chi connectivity index (χ3v) is 5.22. The van der Waals surface area contributed by atoms with E-state index in [0.29, 0.717) is 18.0 Å². The van der Waals surface area contributed by atoms with Gasteiger partial charge in [0.1, 0.15) is 0 Å². The predicted molar refractivity (Wildman–Crippen MR) is 98.4 cm³/mol. The van der Waals surface area contributed by atoms with E-state index in [9.17, 15) is 0 Å². The highest BCUT2D eigenvalue weighted by Gasteiger charge is 2.26. The Morgan fingerprint density at radius 3 is 2.58 bits per heavy atom. The van der Waals surface area contributed by atoms with Crippen LogP contribution < -0.4 is 10.6 Å². The zero-order valence-electron chi connectivity index (χ0n) is 14.2. The summed E-state index contributed by atoms with van der Waals surface area (Å²) < 4.78 is 0. The Balaban J connectivity index is 1.52. The number of aromatic amines is 1. The minimum Gasteiger partial charge on any atom is -0.366 e. The average molecular weight is 349 g/mol. The maximum atomic E-state index is 5.96. The number of nitrogens with zero attached hydrogens (tertiary/aromatic N) is 4. The number of hydrogen-bond acceptors (Lipinski definition) is 5. The summed E-state index contributed by atoms with van der Waals surface area (Å²) in [7, 11) is 2.23. The summed E-state index contributed by atoms with van der Waals surface area (Å²) >= 11 is 5.96. The molecule has 3 rings (SSSR count). The second kappa shape index (κ2) is 7.40. The predicted octanol–water partition coefficient (Wildman–Crippen LogP) is 2.57. The number of halogens is 1. The molecule has 6 nitrogen and oxygen atoms in total. The van der Waals surface area contributed by atoms with Crippen LogP contribution in [0.25, 0.3) is 0 Å². The first-order valence-corrected chi connectivity index (χ1v) is 8.80. The largest absolute Gasteiger partial charge is 0.366 e. The van der Waals surface area contributed by atoms with Gasteiger partial charge in [0.05, 0.1) is 0 Å². The molecule has 2 aromatic rings. The number of aromatic nitrogens is 3. The quantitative estimate of drug-likeness (QED) is 0.868. The second-order valence-electron chi connectivity index (χ2n) is 6.58. The molecule has 24 heavy (non-hydrogen) atoms. The van der Waals surface area contributed by atoms with Gasteiger partial charge in [-0.15, -0.1) is 5.10 Å². The van der Waals surface area contributed by atoms with Crippen molar-refractivity contribution in [2.45, 2.75) is 38.3 Å². The zero-order chi connectivity index (χ0) is 17.1. The lowest BCUT2D eigenvalue weighted by atomic mass is 9.99. The Morgan fingerprint density at radius 2 is 2.00 bits per heavy atom. The highest BCUT2D eigenvalue weighted by molar-refractivity contribution is 6.30. The molecule has 1 fully saturated rings. The van der Waals surface area contributed by atoms with Gasteiger partial charge in [0.25, 0.3) is 0 Å². The van der Waals surface area contributed by atoms with Gasteiger partial charge in [-0.25, -0.2) is 5.10 Å². The van der Waals surface area contributed by atoms with Crippen molar-refractivity contribution in [3.05, 3.63) is 34.9 Å². The van der Waals surface area contributed by atoms with Crippen molar-refractivity contribution in [1.82, 2.24) is 20.1 Å². The smallest absolute Gasteiger partial charge is 0.241 e. The van der Waals surface area contributed by atoms with E-state index in [1.54, 1.807) is 0 Å². The molecule has 1 aromatic carbocycles. The topological polar surface area (TPSA) is 74.1 Å². The summed E-state index contributed by atoms with van der Waals surface area (Å²) in [6.45, 7) is 4.23. The summed E-state index contributed by atoms with van der Waals surface area (Å²) in [5, 5.41) is 7.59. The van der Waals surface area contributed by atoms with E-state index in [-0.39, 0.29) is 0 Å². The molecule has 1 aliphatic heterocycles. The normalized spacial score (nSPS) is 17.4. The van der Waals surface area contributed by atoms with Crippen molar-refractivity contribution in [3.63, 3.8) is 0 Å². The van der Waals surface area contributed by atoms with Crippen molar-refractivity contribution in [2.24, 2.45) is 0 Å². The number of rotatable bonds is 5. The summed E-state index contributed by atoms with van der Waals surface area (Å²) in [6.07, 6.45) is 3.26. The van der Waals surface area contributed by atoms with Gasteiger partial charge in [0.2, 0.25) is 11.9 Å². The number of benzene rings is 1. The van der Waals surface area contributed by atoms with Gasteiger partial charge in [-0.1, -0.05) is 23.7 Å². The zero-order valence-corrected chi connectivity index (χ0v) is 15.0. The standard InChI is InChI=1S/C17H25ClN6/c1-12(11-13-3-5-14(18)6-4-13)23(2)15-7-9-24(10-8-15)17-20-16(19)21-22-17/h3-6,12,15H,7-11H2,1-2H3,(H3,19,20,21,22)/t12-/m1/s1.